The second kappa shape index (κ2) is 6.87. The molecule has 3 rings (SSSR count). The molecule has 0 saturated carbocycles. The van der Waals surface area contributed by atoms with E-state index in [1.165, 1.54) is 0 Å². The first-order valence-corrected chi connectivity index (χ1v) is 7.42. The maximum Gasteiger partial charge on any atom is 0.239 e. The van der Waals surface area contributed by atoms with Gasteiger partial charge in [-0.2, -0.15) is 5.10 Å². The van der Waals surface area contributed by atoms with Gasteiger partial charge >= 0.3 is 0 Å². The molecule has 1 N–H and O–H groups in total. The lowest BCUT2D eigenvalue weighted by atomic mass is 9.96. The third-order valence-electron chi connectivity index (χ3n) is 3.87. The van der Waals surface area contributed by atoms with Gasteiger partial charge in [0, 0.05) is 31.1 Å². The van der Waals surface area contributed by atoms with Crippen molar-refractivity contribution >= 4 is 5.82 Å². The number of nitrogens with zero attached hydrogens (tertiary/aromatic N) is 2. The molecule has 1 aliphatic rings. The van der Waals surface area contributed by atoms with E-state index in [2.05, 4.69) is 10.4 Å². The zero-order valence-corrected chi connectivity index (χ0v) is 12.2. The van der Waals surface area contributed by atoms with E-state index in [0.29, 0.717) is 31.6 Å². The van der Waals surface area contributed by atoms with E-state index in [-0.39, 0.29) is 12.3 Å². The van der Waals surface area contributed by atoms with Crippen molar-refractivity contribution in [2.75, 3.05) is 25.1 Å². The molecule has 1 atom stereocenters. The van der Waals surface area contributed by atoms with E-state index < -0.39 is 6.43 Å². The van der Waals surface area contributed by atoms with Crippen LogP contribution < -0.4 is 5.32 Å². The van der Waals surface area contributed by atoms with Crippen molar-refractivity contribution in [2.45, 2.75) is 24.8 Å². The molecule has 0 amide bonds. The van der Waals surface area contributed by atoms with E-state index in [0.717, 1.165) is 5.56 Å². The van der Waals surface area contributed by atoms with E-state index in [9.17, 15) is 8.78 Å². The minimum atomic E-state index is -2.32. The van der Waals surface area contributed by atoms with Crippen LogP contribution in [0, 0.1) is 0 Å². The van der Waals surface area contributed by atoms with Crippen molar-refractivity contribution in [2.24, 2.45) is 0 Å². The predicted octanol–water partition coefficient (Wildman–Crippen LogP) is 3.31. The summed E-state index contributed by atoms with van der Waals surface area (Å²) in [4.78, 5) is 0. The maximum atomic E-state index is 12.8. The third kappa shape index (κ3) is 3.62. The number of benzene rings is 1. The summed E-state index contributed by atoms with van der Waals surface area (Å²) in [6.45, 7) is 1.80. The average molecular weight is 307 g/mol. The van der Waals surface area contributed by atoms with Gasteiger partial charge in [0.1, 0.15) is 5.82 Å². The fourth-order valence-corrected chi connectivity index (χ4v) is 2.52. The Hall–Kier alpha value is -1.95. The van der Waals surface area contributed by atoms with E-state index in [1.807, 2.05) is 47.3 Å². The summed E-state index contributed by atoms with van der Waals surface area (Å²) in [5.74, 6) is 0.473. The Morgan fingerprint density at radius 1 is 1.23 bits per heavy atom. The van der Waals surface area contributed by atoms with Gasteiger partial charge in [0.25, 0.3) is 0 Å². The minimum absolute atomic E-state index is 0.159. The maximum absolute atomic E-state index is 12.8. The number of anilines is 1. The van der Waals surface area contributed by atoms with Gasteiger partial charge in [0.05, 0.1) is 19.3 Å². The SMILES string of the molecule is FC(F)CC(CNc1ccn(C2COC2)n1)c1ccccc1. The highest BCUT2D eigenvalue weighted by atomic mass is 19.3. The van der Waals surface area contributed by atoms with Crippen molar-refractivity contribution in [1.29, 1.82) is 0 Å². The Labute approximate surface area is 128 Å². The average Bonchev–Trinajstić information content (AvgIpc) is 2.90. The lowest BCUT2D eigenvalue weighted by molar-refractivity contribution is -0.0285. The van der Waals surface area contributed by atoms with Gasteiger partial charge < -0.3 is 10.1 Å². The number of alkyl halides is 2. The normalized spacial score (nSPS) is 16.5. The number of hydrogen-bond acceptors (Lipinski definition) is 3. The fraction of sp³-hybridized carbons (Fsp3) is 0.438. The van der Waals surface area contributed by atoms with Crippen LogP contribution in [0.2, 0.25) is 0 Å². The lowest BCUT2D eigenvalue weighted by Crippen LogP contribution is -2.31. The molecule has 1 aromatic heterocycles. The first-order chi connectivity index (χ1) is 10.7. The van der Waals surface area contributed by atoms with Gasteiger partial charge in [0.15, 0.2) is 0 Å². The van der Waals surface area contributed by atoms with E-state index in [1.54, 1.807) is 0 Å². The van der Waals surface area contributed by atoms with Crippen LogP contribution in [-0.2, 0) is 4.74 Å². The zero-order valence-electron chi connectivity index (χ0n) is 12.2. The quantitative estimate of drug-likeness (QED) is 0.853. The van der Waals surface area contributed by atoms with Gasteiger partial charge in [-0.3, -0.25) is 4.68 Å². The molecule has 1 unspecified atom stereocenters. The van der Waals surface area contributed by atoms with Gasteiger partial charge in [-0.25, -0.2) is 8.78 Å². The Bertz CT molecular complexity index is 584. The molecule has 0 aliphatic carbocycles. The topological polar surface area (TPSA) is 39.1 Å². The second-order valence-electron chi connectivity index (χ2n) is 5.49. The molecule has 6 heteroatoms. The van der Waals surface area contributed by atoms with Crippen LogP contribution in [-0.4, -0.2) is 36.0 Å². The zero-order chi connectivity index (χ0) is 15.4. The molecule has 1 fully saturated rings. The van der Waals surface area contributed by atoms with E-state index in [4.69, 9.17) is 4.74 Å². The molecule has 118 valence electrons. The molecule has 22 heavy (non-hydrogen) atoms. The highest BCUT2D eigenvalue weighted by Gasteiger charge is 2.21. The molecule has 0 radical (unpaired) electrons. The predicted molar refractivity (Wildman–Crippen MR) is 80.4 cm³/mol. The van der Waals surface area contributed by atoms with Gasteiger partial charge in [-0.05, 0) is 5.56 Å². The second-order valence-corrected chi connectivity index (χ2v) is 5.49. The van der Waals surface area contributed by atoms with Gasteiger partial charge in [0.2, 0.25) is 6.43 Å². The molecule has 1 aromatic carbocycles. The van der Waals surface area contributed by atoms with Crippen molar-refractivity contribution in [1.82, 2.24) is 9.78 Å². The van der Waals surface area contributed by atoms with Crippen LogP contribution in [0.25, 0.3) is 0 Å². The molecule has 2 heterocycles. The minimum Gasteiger partial charge on any atom is -0.377 e. The number of ether oxygens (including phenoxy) is 1. The molecular formula is C16H19F2N3O. The number of aromatic nitrogens is 2. The summed E-state index contributed by atoms with van der Waals surface area (Å²) in [5, 5.41) is 7.58. The van der Waals surface area contributed by atoms with E-state index >= 15 is 0 Å². The molecule has 0 bridgehead atoms. The molecule has 4 nitrogen and oxygen atoms in total. The Morgan fingerprint density at radius 2 is 2.00 bits per heavy atom. The summed E-state index contributed by atoms with van der Waals surface area (Å²) in [6.07, 6.45) is -0.592. The van der Waals surface area contributed by atoms with Crippen LogP contribution in [0.1, 0.15) is 23.9 Å². The number of nitrogens with one attached hydrogen (secondary N) is 1. The molecule has 1 aliphatic heterocycles. The van der Waals surface area contributed by atoms with Crippen molar-refractivity contribution in [3.8, 4) is 0 Å². The van der Waals surface area contributed by atoms with Gasteiger partial charge in [-0.1, -0.05) is 30.3 Å². The summed E-state index contributed by atoms with van der Waals surface area (Å²) in [6, 6.07) is 11.6. The monoisotopic (exact) mass is 307 g/mol. The first-order valence-electron chi connectivity index (χ1n) is 7.42. The van der Waals surface area contributed by atoms with Crippen molar-refractivity contribution < 1.29 is 13.5 Å². The van der Waals surface area contributed by atoms with Gasteiger partial charge in [-0.15, -0.1) is 0 Å². The number of rotatable bonds is 7. The van der Waals surface area contributed by atoms with Crippen LogP contribution in [0.15, 0.2) is 42.6 Å². The highest BCUT2D eigenvalue weighted by Crippen LogP contribution is 2.24. The van der Waals surface area contributed by atoms with Crippen LogP contribution >= 0.6 is 0 Å². The Kier molecular flexibility index (Phi) is 4.68. The smallest absolute Gasteiger partial charge is 0.239 e. The number of hydrogen-bond donors (Lipinski definition) is 1. The molecule has 0 spiro atoms. The fourth-order valence-electron chi connectivity index (χ4n) is 2.52. The molecule has 1 saturated heterocycles. The first kappa shape index (κ1) is 15.0. The van der Waals surface area contributed by atoms with Crippen LogP contribution in [0.3, 0.4) is 0 Å². The summed E-state index contributed by atoms with van der Waals surface area (Å²) in [7, 11) is 0. The molecule has 2 aromatic rings. The van der Waals surface area contributed by atoms with Crippen LogP contribution in [0.4, 0.5) is 14.6 Å². The Balaban J connectivity index is 1.62. The summed E-state index contributed by atoms with van der Waals surface area (Å²) in [5.41, 5.74) is 0.919. The van der Waals surface area contributed by atoms with Crippen molar-refractivity contribution in [3.63, 3.8) is 0 Å². The molecular weight excluding hydrogens is 288 g/mol. The lowest BCUT2D eigenvalue weighted by Gasteiger charge is -2.26. The Morgan fingerprint density at radius 3 is 2.64 bits per heavy atom. The highest BCUT2D eigenvalue weighted by molar-refractivity contribution is 5.34. The largest absolute Gasteiger partial charge is 0.377 e. The standard InChI is InChI=1S/C16H19F2N3O/c17-15(18)8-13(12-4-2-1-3-5-12)9-19-16-6-7-21(20-16)14-10-22-11-14/h1-7,13-15H,8-11H2,(H,19,20). The summed E-state index contributed by atoms with van der Waals surface area (Å²) >= 11 is 0. The summed E-state index contributed by atoms with van der Waals surface area (Å²) < 4.78 is 32.6. The number of halogens is 2. The third-order valence-corrected chi connectivity index (χ3v) is 3.87. The van der Waals surface area contributed by atoms with Crippen molar-refractivity contribution in [3.05, 3.63) is 48.2 Å². The van der Waals surface area contributed by atoms with Crippen LogP contribution in [0.5, 0.6) is 0 Å².